The summed E-state index contributed by atoms with van der Waals surface area (Å²) in [6.45, 7) is 9.21. The minimum absolute atomic E-state index is 0.0758. The van der Waals surface area contributed by atoms with Gasteiger partial charge in [-0.2, -0.15) is 0 Å². The maximum absolute atomic E-state index is 8.98. The standard InChI is InChI=1S/C9H22N2O/c1-8(2,10-5)6-11-9(3,4)7-12/h10-12H,6-7H2,1-5H3. The van der Waals surface area contributed by atoms with Gasteiger partial charge < -0.3 is 15.7 Å². The molecule has 0 atom stereocenters. The van der Waals surface area contributed by atoms with E-state index in [1.165, 1.54) is 0 Å². The molecule has 12 heavy (non-hydrogen) atoms. The Kier molecular flexibility index (Phi) is 4.17. The summed E-state index contributed by atoms with van der Waals surface area (Å²) in [7, 11) is 1.94. The second-order valence-electron chi connectivity index (χ2n) is 4.53. The molecule has 0 aliphatic rings. The van der Waals surface area contributed by atoms with Crippen molar-refractivity contribution in [2.45, 2.75) is 38.8 Å². The molecule has 74 valence electrons. The molecule has 3 N–H and O–H groups in total. The molecular weight excluding hydrogens is 152 g/mol. The first-order valence-electron chi connectivity index (χ1n) is 4.38. The normalized spacial score (nSPS) is 13.5. The fourth-order valence-electron chi connectivity index (χ4n) is 0.605. The number of nitrogens with one attached hydrogen (secondary N) is 2. The minimum atomic E-state index is -0.186. The summed E-state index contributed by atoms with van der Waals surface area (Å²) >= 11 is 0. The number of aliphatic hydroxyl groups excluding tert-OH is 1. The third kappa shape index (κ3) is 4.70. The summed E-state index contributed by atoms with van der Waals surface area (Å²) in [5.74, 6) is 0. The number of hydrogen-bond donors (Lipinski definition) is 3. The van der Waals surface area contributed by atoms with Gasteiger partial charge in [-0.1, -0.05) is 0 Å². The van der Waals surface area contributed by atoms with Crippen molar-refractivity contribution in [3.05, 3.63) is 0 Å². The molecule has 0 aliphatic carbocycles. The van der Waals surface area contributed by atoms with E-state index in [0.717, 1.165) is 6.54 Å². The van der Waals surface area contributed by atoms with Gasteiger partial charge in [0.15, 0.2) is 0 Å². The molecule has 0 radical (unpaired) electrons. The fraction of sp³-hybridized carbons (Fsp3) is 1.00. The number of aliphatic hydroxyl groups is 1. The monoisotopic (exact) mass is 174 g/mol. The average molecular weight is 174 g/mol. The highest BCUT2D eigenvalue weighted by atomic mass is 16.3. The lowest BCUT2D eigenvalue weighted by atomic mass is 10.0. The van der Waals surface area contributed by atoms with Crippen molar-refractivity contribution in [1.29, 1.82) is 0 Å². The fourth-order valence-corrected chi connectivity index (χ4v) is 0.605. The number of rotatable bonds is 5. The molecule has 0 aromatic carbocycles. The van der Waals surface area contributed by atoms with E-state index in [9.17, 15) is 0 Å². The molecule has 0 saturated carbocycles. The summed E-state index contributed by atoms with van der Waals surface area (Å²) in [5, 5.41) is 15.5. The second kappa shape index (κ2) is 4.21. The van der Waals surface area contributed by atoms with E-state index in [1.54, 1.807) is 0 Å². The Morgan fingerprint density at radius 3 is 1.92 bits per heavy atom. The third-order valence-electron chi connectivity index (χ3n) is 2.08. The van der Waals surface area contributed by atoms with E-state index in [1.807, 2.05) is 20.9 Å². The van der Waals surface area contributed by atoms with Gasteiger partial charge in [0, 0.05) is 17.6 Å². The Bertz CT molecular complexity index is 116. The lowest BCUT2D eigenvalue weighted by Gasteiger charge is -2.31. The number of likely N-dealkylation sites (N-methyl/N-ethyl adjacent to an activating group) is 1. The smallest absolute Gasteiger partial charge is 0.0607 e. The highest BCUT2D eigenvalue weighted by Crippen LogP contribution is 2.04. The van der Waals surface area contributed by atoms with Crippen molar-refractivity contribution in [1.82, 2.24) is 10.6 Å². The van der Waals surface area contributed by atoms with Crippen LogP contribution in [0, 0.1) is 0 Å². The van der Waals surface area contributed by atoms with Crippen LogP contribution in [0.1, 0.15) is 27.7 Å². The predicted octanol–water partition coefficient (Wildman–Crippen LogP) is 0.345. The molecule has 0 rings (SSSR count). The van der Waals surface area contributed by atoms with E-state index in [4.69, 9.17) is 5.11 Å². The predicted molar refractivity (Wildman–Crippen MR) is 52.3 cm³/mol. The van der Waals surface area contributed by atoms with Crippen LogP contribution in [-0.2, 0) is 0 Å². The summed E-state index contributed by atoms with van der Waals surface area (Å²) in [6, 6.07) is 0. The molecule has 0 aliphatic heterocycles. The van der Waals surface area contributed by atoms with Crippen LogP contribution in [0.5, 0.6) is 0 Å². The summed E-state index contributed by atoms with van der Waals surface area (Å²) in [6.07, 6.45) is 0. The van der Waals surface area contributed by atoms with Crippen LogP contribution in [0.3, 0.4) is 0 Å². The van der Waals surface area contributed by atoms with Crippen LogP contribution in [0.25, 0.3) is 0 Å². The first-order valence-corrected chi connectivity index (χ1v) is 4.38. The first kappa shape index (κ1) is 11.9. The molecule has 0 amide bonds. The Hall–Kier alpha value is -0.120. The third-order valence-corrected chi connectivity index (χ3v) is 2.08. The minimum Gasteiger partial charge on any atom is -0.394 e. The maximum Gasteiger partial charge on any atom is 0.0607 e. The highest BCUT2D eigenvalue weighted by molar-refractivity contribution is 4.84. The zero-order valence-corrected chi connectivity index (χ0v) is 8.86. The quantitative estimate of drug-likeness (QED) is 0.563. The zero-order valence-electron chi connectivity index (χ0n) is 8.86. The SMILES string of the molecule is CNC(C)(C)CNC(C)(C)CO. The van der Waals surface area contributed by atoms with Crippen LogP contribution in [0.15, 0.2) is 0 Å². The van der Waals surface area contributed by atoms with Gasteiger partial charge in [0.25, 0.3) is 0 Å². The van der Waals surface area contributed by atoms with E-state index in [2.05, 4.69) is 24.5 Å². The van der Waals surface area contributed by atoms with Gasteiger partial charge in [0.05, 0.1) is 6.61 Å². The molecule has 0 saturated heterocycles. The van der Waals surface area contributed by atoms with E-state index in [0.29, 0.717) is 0 Å². The molecule has 0 unspecified atom stereocenters. The van der Waals surface area contributed by atoms with Gasteiger partial charge in [0.1, 0.15) is 0 Å². The molecular formula is C9H22N2O. The van der Waals surface area contributed by atoms with Crippen LogP contribution in [0.4, 0.5) is 0 Å². The van der Waals surface area contributed by atoms with Crippen LogP contribution < -0.4 is 10.6 Å². The van der Waals surface area contributed by atoms with Crippen LogP contribution in [0.2, 0.25) is 0 Å². The van der Waals surface area contributed by atoms with Crippen molar-refractivity contribution in [2.24, 2.45) is 0 Å². The molecule has 0 heterocycles. The largest absolute Gasteiger partial charge is 0.394 e. The lowest BCUT2D eigenvalue weighted by Crippen LogP contribution is -2.53. The van der Waals surface area contributed by atoms with Crippen molar-refractivity contribution >= 4 is 0 Å². The van der Waals surface area contributed by atoms with E-state index in [-0.39, 0.29) is 17.7 Å². The molecule has 0 bridgehead atoms. The van der Waals surface area contributed by atoms with Crippen molar-refractivity contribution in [3.8, 4) is 0 Å². The Balaban J connectivity index is 3.82. The summed E-state index contributed by atoms with van der Waals surface area (Å²) < 4.78 is 0. The topological polar surface area (TPSA) is 44.3 Å². The number of hydrogen-bond acceptors (Lipinski definition) is 3. The molecule has 0 aromatic rings. The highest BCUT2D eigenvalue weighted by Gasteiger charge is 2.20. The van der Waals surface area contributed by atoms with Gasteiger partial charge in [-0.25, -0.2) is 0 Å². The lowest BCUT2D eigenvalue weighted by molar-refractivity contribution is 0.178. The summed E-state index contributed by atoms with van der Waals surface area (Å²) in [5.41, 5.74) is -0.111. The average Bonchev–Trinajstić information content (AvgIpc) is 2.02. The Morgan fingerprint density at radius 1 is 1.08 bits per heavy atom. The van der Waals surface area contributed by atoms with Crippen LogP contribution >= 0.6 is 0 Å². The van der Waals surface area contributed by atoms with E-state index < -0.39 is 0 Å². The first-order chi connectivity index (χ1) is 5.33. The van der Waals surface area contributed by atoms with Crippen molar-refractivity contribution in [3.63, 3.8) is 0 Å². The molecule has 0 spiro atoms. The maximum atomic E-state index is 8.98. The van der Waals surface area contributed by atoms with E-state index >= 15 is 0 Å². The van der Waals surface area contributed by atoms with Crippen LogP contribution in [-0.4, -0.2) is 36.4 Å². The van der Waals surface area contributed by atoms with Crippen molar-refractivity contribution < 1.29 is 5.11 Å². The van der Waals surface area contributed by atoms with Gasteiger partial charge in [-0.3, -0.25) is 0 Å². The van der Waals surface area contributed by atoms with Gasteiger partial charge >= 0.3 is 0 Å². The summed E-state index contributed by atoms with van der Waals surface area (Å²) in [4.78, 5) is 0. The molecule has 0 fully saturated rings. The van der Waals surface area contributed by atoms with Gasteiger partial charge in [0.2, 0.25) is 0 Å². The second-order valence-corrected chi connectivity index (χ2v) is 4.53. The molecule has 3 heteroatoms. The molecule has 3 nitrogen and oxygen atoms in total. The van der Waals surface area contributed by atoms with Gasteiger partial charge in [-0.15, -0.1) is 0 Å². The molecule has 0 aromatic heterocycles. The van der Waals surface area contributed by atoms with Gasteiger partial charge in [-0.05, 0) is 34.7 Å². The van der Waals surface area contributed by atoms with Crippen molar-refractivity contribution in [2.75, 3.05) is 20.2 Å². The zero-order chi connectivity index (χ0) is 9.83. The Morgan fingerprint density at radius 2 is 1.58 bits per heavy atom. The Labute approximate surface area is 75.6 Å².